The van der Waals surface area contributed by atoms with Crippen molar-refractivity contribution in [2.45, 2.75) is 70.4 Å². The molecule has 2 aliphatic carbocycles. The SMILES string of the molecule is COc1ccc(NC(=S)N[C@H]2CC[C@@H](Nc3nc4c(c(N(C)C)n3)CCCC4)CC2)c(C)c1. The van der Waals surface area contributed by atoms with Gasteiger partial charge in [-0.2, -0.15) is 4.98 Å². The first-order chi connectivity index (χ1) is 15.9. The molecule has 3 N–H and O–H groups in total. The number of aromatic nitrogens is 2. The zero-order valence-corrected chi connectivity index (χ0v) is 21.0. The Morgan fingerprint density at radius 1 is 1.06 bits per heavy atom. The van der Waals surface area contributed by atoms with Crippen molar-refractivity contribution >= 4 is 34.8 Å². The molecule has 0 aliphatic heterocycles. The molecule has 0 amide bonds. The molecule has 2 aromatic rings. The zero-order valence-electron chi connectivity index (χ0n) is 20.2. The molecule has 7 nitrogen and oxygen atoms in total. The van der Waals surface area contributed by atoms with Gasteiger partial charge in [-0.15, -0.1) is 0 Å². The number of nitrogens with one attached hydrogen (secondary N) is 3. The standard InChI is InChI=1S/C25H36N6OS/c1-16-15-19(32-4)13-14-21(16)29-25(33)27-18-11-9-17(10-12-18)26-24-28-22-8-6-5-7-20(22)23(30-24)31(2)3/h13-15,17-18H,5-12H2,1-4H3,(H,26,28,30)(H2,27,29,33)/t17-,18+. The number of hydrogen-bond donors (Lipinski definition) is 3. The third-order valence-electron chi connectivity index (χ3n) is 6.66. The summed E-state index contributed by atoms with van der Waals surface area (Å²) in [5, 5.41) is 11.1. The number of ether oxygens (including phenoxy) is 1. The Kier molecular flexibility index (Phi) is 7.53. The molecule has 0 unspecified atom stereocenters. The van der Waals surface area contributed by atoms with Crippen LogP contribution in [0.5, 0.6) is 5.75 Å². The second-order valence-electron chi connectivity index (χ2n) is 9.37. The molecule has 0 bridgehead atoms. The fourth-order valence-electron chi connectivity index (χ4n) is 4.82. The predicted molar refractivity (Wildman–Crippen MR) is 140 cm³/mol. The fourth-order valence-corrected chi connectivity index (χ4v) is 5.10. The van der Waals surface area contributed by atoms with Gasteiger partial charge < -0.3 is 25.6 Å². The van der Waals surface area contributed by atoms with Gasteiger partial charge in [-0.05, 0) is 94.3 Å². The third kappa shape index (κ3) is 5.85. The van der Waals surface area contributed by atoms with Crippen LogP contribution in [-0.2, 0) is 12.8 Å². The summed E-state index contributed by atoms with van der Waals surface area (Å²) in [4.78, 5) is 11.9. The van der Waals surface area contributed by atoms with Gasteiger partial charge in [-0.1, -0.05) is 0 Å². The van der Waals surface area contributed by atoms with Gasteiger partial charge in [0.25, 0.3) is 0 Å². The van der Waals surface area contributed by atoms with Gasteiger partial charge in [-0.25, -0.2) is 4.98 Å². The van der Waals surface area contributed by atoms with E-state index in [2.05, 4.69) is 41.9 Å². The molecule has 4 rings (SSSR count). The molecule has 1 saturated carbocycles. The van der Waals surface area contributed by atoms with Crippen LogP contribution in [0.4, 0.5) is 17.5 Å². The van der Waals surface area contributed by atoms with E-state index < -0.39 is 0 Å². The van der Waals surface area contributed by atoms with E-state index in [0.29, 0.717) is 17.2 Å². The smallest absolute Gasteiger partial charge is 0.225 e. The second-order valence-corrected chi connectivity index (χ2v) is 9.78. The molecule has 1 fully saturated rings. The first-order valence-corrected chi connectivity index (χ1v) is 12.4. The maximum absolute atomic E-state index is 5.57. The van der Waals surface area contributed by atoms with Crippen LogP contribution in [0.1, 0.15) is 55.3 Å². The van der Waals surface area contributed by atoms with E-state index in [1.54, 1.807) is 7.11 Å². The molecule has 2 aliphatic rings. The summed E-state index contributed by atoms with van der Waals surface area (Å²) in [7, 11) is 5.82. The maximum Gasteiger partial charge on any atom is 0.225 e. The lowest BCUT2D eigenvalue weighted by atomic mass is 9.91. The van der Waals surface area contributed by atoms with E-state index in [1.807, 2.05) is 18.2 Å². The molecule has 0 spiro atoms. The molecular formula is C25H36N6OS. The Balaban J connectivity index is 1.29. The van der Waals surface area contributed by atoms with Crippen molar-refractivity contribution < 1.29 is 4.74 Å². The van der Waals surface area contributed by atoms with Crippen molar-refractivity contribution in [3.05, 3.63) is 35.0 Å². The van der Waals surface area contributed by atoms with Crippen molar-refractivity contribution in [1.82, 2.24) is 15.3 Å². The van der Waals surface area contributed by atoms with E-state index in [0.717, 1.165) is 67.3 Å². The van der Waals surface area contributed by atoms with Crippen molar-refractivity contribution in [1.29, 1.82) is 0 Å². The number of fused-ring (bicyclic) bond motifs is 1. The lowest BCUT2D eigenvalue weighted by molar-refractivity contribution is 0.387. The first-order valence-electron chi connectivity index (χ1n) is 12.0. The van der Waals surface area contributed by atoms with Crippen LogP contribution in [0.15, 0.2) is 18.2 Å². The van der Waals surface area contributed by atoms with Crippen molar-refractivity contribution in [3.8, 4) is 5.75 Å². The van der Waals surface area contributed by atoms with Gasteiger partial charge in [0, 0.05) is 37.4 Å². The minimum atomic E-state index is 0.378. The van der Waals surface area contributed by atoms with Gasteiger partial charge in [0.15, 0.2) is 5.11 Å². The number of nitrogens with zero attached hydrogens (tertiary/aromatic N) is 3. The van der Waals surface area contributed by atoms with Gasteiger partial charge in [0.2, 0.25) is 5.95 Å². The van der Waals surface area contributed by atoms with E-state index in [1.165, 1.54) is 24.1 Å². The van der Waals surface area contributed by atoms with Crippen LogP contribution in [0, 0.1) is 6.92 Å². The molecule has 0 atom stereocenters. The van der Waals surface area contributed by atoms with E-state index >= 15 is 0 Å². The van der Waals surface area contributed by atoms with Crippen LogP contribution in [0.3, 0.4) is 0 Å². The average Bonchev–Trinajstić information content (AvgIpc) is 2.81. The minimum absolute atomic E-state index is 0.378. The van der Waals surface area contributed by atoms with E-state index in [-0.39, 0.29) is 0 Å². The molecule has 1 heterocycles. The number of hydrogen-bond acceptors (Lipinski definition) is 6. The van der Waals surface area contributed by atoms with Crippen LogP contribution in [0.2, 0.25) is 0 Å². The summed E-state index contributed by atoms with van der Waals surface area (Å²) < 4.78 is 5.28. The van der Waals surface area contributed by atoms with Crippen LogP contribution < -0.4 is 25.6 Å². The predicted octanol–water partition coefficient (Wildman–Crippen LogP) is 4.45. The summed E-state index contributed by atoms with van der Waals surface area (Å²) in [6, 6.07) is 6.73. The number of aryl methyl sites for hydroxylation is 2. The van der Waals surface area contributed by atoms with Gasteiger partial charge in [0.1, 0.15) is 11.6 Å². The van der Waals surface area contributed by atoms with Crippen molar-refractivity contribution in [2.24, 2.45) is 0 Å². The number of methoxy groups -OCH3 is 1. The minimum Gasteiger partial charge on any atom is -0.497 e. The quantitative estimate of drug-likeness (QED) is 0.537. The van der Waals surface area contributed by atoms with Crippen molar-refractivity contribution in [2.75, 3.05) is 36.7 Å². The molecule has 8 heteroatoms. The topological polar surface area (TPSA) is 74.3 Å². The van der Waals surface area contributed by atoms with E-state index in [9.17, 15) is 0 Å². The lowest BCUT2D eigenvalue weighted by Crippen LogP contribution is -2.42. The maximum atomic E-state index is 5.57. The third-order valence-corrected chi connectivity index (χ3v) is 6.88. The number of rotatable bonds is 6. The Bertz CT molecular complexity index is 987. The van der Waals surface area contributed by atoms with Crippen LogP contribution in [0.25, 0.3) is 0 Å². The summed E-state index contributed by atoms with van der Waals surface area (Å²) in [6.45, 7) is 2.05. The van der Waals surface area contributed by atoms with Gasteiger partial charge in [-0.3, -0.25) is 0 Å². The number of thiocarbonyl (C=S) groups is 1. The van der Waals surface area contributed by atoms with Crippen LogP contribution >= 0.6 is 12.2 Å². The normalized spacial score (nSPS) is 19.9. The Hall–Kier alpha value is -2.61. The second kappa shape index (κ2) is 10.5. The summed E-state index contributed by atoms with van der Waals surface area (Å²) in [5.74, 6) is 2.70. The Morgan fingerprint density at radius 3 is 2.48 bits per heavy atom. The average molecular weight is 469 g/mol. The molecule has 33 heavy (non-hydrogen) atoms. The molecule has 1 aromatic carbocycles. The molecule has 0 saturated heterocycles. The lowest BCUT2D eigenvalue weighted by Gasteiger charge is -2.31. The highest BCUT2D eigenvalue weighted by molar-refractivity contribution is 7.80. The van der Waals surface area contributed by atoms with E-state index in [4.69, 9.17) is 26.9 Å². The van der Waals surface area contributed by atoms with Crippen LogP contribution in [-0.4, -0.2) is 48.4 Å². The molecule has 0 radical (unpaired) electrons. The molecule has 178 valence electrons. The fraction of sp³-hybridized carbons (Fsp3) is 0.560. The Labute approximate surface area is 202 Å². The first kappa shape index (κ1) is 23.5. The largest absolute Gasteiger partial charge is 0.497 e. The van der Waals surface area contributed by atoms with Gasteiger partial charge in [0.05, 0.1) is 12.8 Å². The Morgan fingerprint density at radius 2 is 1.79 bits per heavy atom. The highest BCUT2D eigenvalue weighted by Gasteiger charge is 2.24. The van der Waals surface area contributed by atoms with Crippen molar-refractivity contribution in [3.63, 3.8) is 0 Å². The number of benzene rings is 1. The summed E-state index contributed by atoms with van der Waals surface area (Å²) in [6.07, 6.45) is 8.86. The van der Waals surface area contributed by atoms with Gasteiger partial charge >= 0.3 is 0 Å². The summed E-state index contributed by atoms with van der Waals surface area (Å²) >= 11 is 5.57. The monoisotopic (exact) mass is 468 g/mol. The zero-order chi connectivity index (χ0) is 23.4. The molecule has 1 aromatic heterocycles. The molecular weight excluding hydrogens is 432 g/mol. The highest BCUT2D eigenvalue weighted by atomic mass is 32.1. The highest BCUT2D eigenvalue weighted by Crippen LogP contribution is 2.29. The number of anilines is 3. The summed E-state index contributed by atoms with van der Waals surface area (Å²) in [5.41, 5.74) is 4.67.